The van der Waals surface area contributed by atoms with E-state index in [1.165, 1.54) is 12.5 Å². The summed E-state index contributed by atoms with van der Waals surface area (Å²) in [5.41, 5.74) is 0.966. The first-order valence-electron chi connectivity index (χ1n) is 6.33. The van der Waals surface area contributed by atoms with Crippen molar-refractivity contribution in [3.8, 4) is 0 Å². The van der Waals surface area contributed by atoms with Crippen molar-refractivity contribution >= 4 is 0 Å². The van der Waals surface area contributed by atoms with E-state index in [-0.39, 0.29) is 18.5 Å². The van der Waals surface area contributed by atoms with Gasteiger partial charge >= 0.3 is 0 Å². The van der Waals surface area contributed by atoms with Gasteiger partial charge in [-0.3, -0.25) is 0 Å². The molecule has 0 heterocycles. The average Bonchev–Trinajstić information content (AvgIpc) is 2.76. The van der Waals surface area contributed by atoms with E-state index in [2.05, 4.69) is 5.32 Å². The van der Waals surface area contributed by atoms with Crippen LogP contribution in [0.2, 0.25) is 0 Å². The molecule has 1 aromatic rings. The van der Waals surface area contributed by atoms with Crippen LogP contribution in [0.25, 0.3) is 0 Å². The van der Waals surface area contributed by atoms with E-state index in [0.29, 0.717) is 12.0 Å². The summed E-state index contributed by atoms with van der Waals surface area (Å²) in [6, 6.07) is 7.19. The molecule has 94 valence electrons. The zero-order valence-electron chi connectivity index (χ0n) is 10.2. The van der Waals surface area contributed by atoms with Crippen LogP contribution in [-0.4, -0.2) is 17.8 Å². The highest BCUT2D eigenvalue weighted by Gasteiger charge is 2.27. The van der Waals surface area contributed by atoms with Gasteiger partial charge in [0, 0.05) is 18.7 Å². The molecule has 1 aliphatic rings. The van der Waals surface area contributed by atoms with Crippen LogP contribution in [0.15, 0.2) is 24.3 Å². The molecule has 17 heavy (non-hydrogen) atoms. The number of hydrogen-bond donors (Lipinski definition) is 2. The van der Waals surface area contributed by atoms with E-state index >= 15 is 0 Å². The predicted octanol–water partition coefficient (Wildman–Crippen LogP) is 2.64. The first kappa shape index (κ1) is 12.5. The fraction of sp³-hybridized carbons (Fsp3) is 0.571. The molecule has 1 fully saturated rings. The molecule has 0 amide bonds. The third kappa shape index (κ3) is 3.05. The number of rotatable bonds is 4. The molecule has 0 aliphatic heterocycles. The van der Waals surface area contributed by atoms with Crippen LogP contribution >= 0.6 is 0 Å². The second kappa shape index (κ2) is 5.61. The molecule has 1 aliphatic carbocycles. The van der Waals surface area contributed by atoms with Crippen molar-refractivity contribution < 1.29 is 9.50 Å². The van der Waals surface area contributed by atoms with Crippen LogP contribution in [0.5, 0.6) is 0 Å². The largest absolute Gasteiger partial charge is 0.396 e. The van der Waals surface area contributed by atoms with Gasteiger partial charge in [-0.1, -0.05) is 18.6 Å². The van der Waals surface area contributed by atoms with Crippen molar-refractivity contribution in [2.45, 2.75) is 38.3 Å². The van der Waals surface area contributed by atoms with Gasteiger partial charge in [0.2, 0.25) is 0 Å². The normalized spacial score (nSPS) is 26.1. The van der Waals surface area contributed by atoms with Gasteiger partial charge in [0.15, 0.2) is 0 Å². The molecule has 0 radical (unpaired) electrons. The quantitative estimate of drug-likeness (QED) is 0.843. The zero-order valence-corrected chi connectivity index (χ0v) is 10.2. The Bertz CT molecular complexity index is 369. The Balaban J connectivity index is 1.99. The summed E-state index contributed by atoms with van der Waals surface area (Å²) >= 11 is 0. The zero-order chi connectivity index (χ0) is 12.3. The summed E-state index contributed by atoms with van der Waals surface area (Å²) in [7, 11) is 0. The van der Waals surface area contributed by atoms with Crippen molar-refractivity contribution in [1.29, 1.82) is 0 Å². The maximum atomic E-state index is 13.1. The third-order valence-corrected chi connectivity index (χ3v) is 3.71. The van der Waals surface area contributed by atoms with Gasteiger partial charge in [0.1, 0.15) is 5.82 Å². The van der Waals surface area contributed by atoms with Crippen LogP contribution in [0.3, 0.4) is 0 Å². The number of nitrogens with one attached hydrogen (secondary N) is 1. The molecule has 2 N–H and O–H groups in total. The molecular weight excluding hydrogens is 217 g/mol. The summed E-state index contributed by atoms with van der Waals surface area (Å²) in [6.07, 6.45) is 3.35. The van der Waals surface area contributed by atoms with Crippen LogP contribution in [-0.2, 0) is 0 Å². The molecular formula is C14H20FNO. The van der Waals surface area contributed by atoms with Crippen LogP contribution in [0.1, 0.15) is 37.8 Å². The second-order valence-electron chi connectivity index (χ2n) is 4.92. The topological polar surface area (TPSA) is 32.3 Å². The van der Waals surface area contributed by atoms with Gasteiger partial charge in [0.25, 0.3) is 0 Å². The highest BCUT2D eigenvalue weighted by molar-refractivity contribution is 5.19. The molecule has 1 aromatic carbocycles. The molecule has 0 spiro atoms. The average molecular weight is 237 g/mol. The first-order valence-corrected chi connectivity index (χ1v) is 6.33. The Morgan fingerprint density at radius 2 is 2.29 bits per heavy atom. The minimum Gasteiger partial charge on any atom is -0.396 e. The molecule has 3 unspecified atom stereocenters. The van der Waals surface area contributed by atoms with E-state index in [1.54, 1.807) is 12.1 Å². The number of benzene rings is 1. The Labute approximate surface area is 102 Å². The molecule has 2 nitrogen and oxygen atoms in total. The lowest BCUT2D eigenvalue weighted by Crippen LogP contribution is -2.35. The lowest BCUT2D eigenvalue weighted by molar-refractivity contribution is 0.200. The van der Waals surface area contributed by atoms with Crippen molar-refractivity contribution in [2.24, 2.45) is 5.92 Å². The van der Waals surface area contributed by atoms with E-state index in [1.807, 2.05) is 13.0 Å². The number of halogens is 1. The van der Waals surface area contributed by atoms with Crippen molar-refractivity contribution in [1.82, 2.24) is 5.32 Å². The van der Waals surface area contributed by atoms with Crippen LogP contribution in [0.4, 0.5) is 4.39 Å². The summed E-state index contributed by atoms with van der Waals surface area (Å²) < 4.78 is 13.1. The fourth-order valence-corrected chi connectivity index (χ4v) is 2.67. The number of aliphatic hydroxyl groups is 1. The Kier molecular flexibility index (Phi) is 4.13. The molecule has 0 saturated heterocycles. The van der Waals surface area contributed by atoms with E-state index < -0.39 is 0 Å². The Morgan fingerprint density at radius 1 is 1.47 bits per heavy atom. The Morgan fingerprint density at radius 3 is 3.00 bits per heavy atom. The van der Waals surface area contributed by atoms with Crippen molar-refractivity contribution in [2.75, 3.05) is 6.61 Å². The van der Waals surface area contributed by atoms with Gasteiger partial charge in [0.05, 0.1) is 0 Å². The van der Waals surface area contributed by atoms with E-state index in [0.717, 1.165) is 18.4 Å². The van der Waals surface area contributed by atoms with Gasteiger partial charge in [-0.05, 0) is 43.4 Å². The monoisotopic (exact) mass is 237 g/mol. The van der Waals surface area contributed by atoms with Crippen molar-refractivity contribution in [3.05, 3.63) is 35.6 Å². The minimum absolute atomic E-state index is 0.128. The van der Waals surface area contributed by atoms with Gasteiger partial charge < -0.3 is 10.4 Å². The standard InChI is InChI=1S/C14H20FNO/c1-10(11-4-2-6-13(15)8-11)16-14-7-3-5-12(14)9-17/h2,4,6,8,10,12,14,16-17H,3,5,7,9H2,1H3. The minimum atomic E-state index is -0.193. The Hall–Kier alpha value is -0.930. The molecule has 3 atom stereocenters. The maximum Gasteiger partial charge on any atom is 0.123 e. The van der Waals surface area contributed by atoms with Crippen molar-refractivity contribution in [3.63, 3.8) is 0 Å². The molecule has 3 heteroatoms. The van der Waals surface area contributed by atoms with Crippen LogP contribution in [0, 0.1) is 11.7 Å². The lowest BCUT2D eigenvalue weighted by atomic mass is 10.0. The highest BCUT2D eigenvalue weighted by atomic mass is 19.1. The SMILES string of the molecule is CC(NC1CCCC1CO)c1cccc(F)c1. The lowest BCUT2D eigenvalue weighted by Gasteiger charge is -2.24. The molecule has 2 rings (SSSR count). The third-order valence-electron chi connectivity index (χ3n) is 3.71. The number of hydrogen-bond acceptors (Lipinski definition) is 2. The highest BCUT2D eigenvalue weighted by Crippen LogP contribution is 2.27. The van der Waals surface area contributed by atoms with E-state index in [4.69, 9.17) is 0 Å². The summed E-state index contributed by atoms with van der Waals surface area (Å²) in [4.78, 5) is 0. The second-order valence-corrected chi connectivity index (χ2v) is 4.92. The van der Waals surface area contributed by atoms with Crippen LogP contribution < -0.4 is 5.32 Å². The molecule has 0 bridgehead atoms. The van der Waals surface area contributed by atoms with Gasteiger partial charge in [-0.25, -0.2) is 4.39 Å². The fourth-order valence-electron chi connectivity index (χ4n) is 2.67. The molecule has 0 aromatic heterocycles. The molecule has 1 saturated carbocycles. The maximum absolute atomic E-state index is 13.1. The van der Waals surface area contributed by atoms with Gasteiger partial charge in [-0.15, -0.1) is 0 Å². The predicted molar refractivity (Wildman–Crippen MR) is 66.2 cm³/mol. The van der Waals surface area contributed by atoms with E-state index in [9.17, 15) is 9.50 Å². The number of aliphatic hydroxyl groups excluding tert-OH is 1. The first-order chi connectivity index (χ1) is 8.20. The summed E-state index contributed by atoms with van der Waals surface area (Å²) in [5.74, 6) is 0.160. The summed E-state index contributed by atoms with van der Waals surface area (Å²) in [5, 5.41) is 12.8. The summed E-state index contributed by atoms with van der Waals surface area (Å²) in [6.45, 7) is 2.29. The van der Waals surface area contributed by atoms with Gasteiger partial charge in [-0.2, -0.15) is 0 Å². The smallest absolute Gasteiger partial charge is 0.123 e.